The Morgan fingerprint density at radius 3 is 2.59 bits per heavy atom. The van der Waals surface area contributed by atoms with Crippen LogP contribution in [0.25, 0.3) is 0 Å². The molecule has 0 aliphatic carbocycles. The molecule has 1 N–H and O–H groups in total. The van der Waals surface area contributed by atoms with Gasteiger partial charge in [-0.15, -0.1) is 0 Å². The van der Waals surface area contributed by atoms with Crippen LogP contribution in [0.2, 0.25) is 0 Å². The number of ether oxygens (including phenoxy) is 2. The SMILES string of the molecule is CC(=O)CN1C(=O)C(NC(=O)[C@@H](C)Cc2ccc(F)c(F)c2)N=C(c2ccc3c(c2)OCO3)c2ccccc21. The monoisotopic (exact) mass is 533 g/mol. The molecule has 5 rings (SSSR count). The Kier molecular flexibility index (Phi) is 7.10. The Labute approximate surface area is 223 Å². The predicted octanol–water partition coefficient (Wildman–Crippen LogP) is 3.79. The van der Waals surface area contributed by atoms with Crippen LogP contribution in [-0.4, -0.2) is 42.8 Å². The minimum atomic E-state index is -1.35. The third kappa shape index (κ3) is 5.36. The highest BCUT2D eigenvalue weighted by Gasteiger charge is 2.34. The average molecular weight is 534 g/mol. The van der Waals surface area contributed by atoms with Gasteiger partial charge in [0.2, 0.25) is 18.9 Å². The highest BCUT2D eigenvalue weighted by Crippen LogP contribution is 2.35. The van der Waals surface area contributed by atoms with Crippen LogP contribution in [0.15, 0.2) is 65.7 Å². The van der Waals surface area contributed by atoms with Crippen LogP contribution in [0.4, 0.5) is 14.5 Å². The molecule has 0 spiro atoms. The van der Waals surface area contributed by atoms with E-state index in [9.17, 15) is 23.2 Å². The number of fused-ring (bicyclic) bond motifs is 2. The summed E-state index contributed by atoms with van der Waals surface area (Å²) in [6.07, 6.45) is -1.24. The lowest BCUT2D eigenvalue weighted by Gasteiger charge is -2.25. The summed E-state index contributed by atoms with van der Waals surface area (Å²) in [7, 11) is 0. The van der Waals surface area contributed by atoms with E-state index in [-0.39, 0.29) is 25.5 Å². The van der Waals surface area contributed by atoms with Crippen molar-refractivity contribution < 1.29 is 32.6 Å². The molecule has 2 amide bonds. The quantitative estimate of drug-likeness (QED) is 0.499. The van der Waals surface area contributed by atoms with Gasteiger partial charge in [-0.05, 0) is 55.3 Å². The molecule has 39 heavy (non-hydrogen) atoms. The van der Waals surface area contributed by atoms with Crippen molar-refractivity contribution in [2.24, 2.45) is 10.9 Å². The van der Waals surface area contributed by atoms with Crippen molar-refractivity contribution in [3.63, 3.8) is 0 Å². The number of carbonyl (C=O) groups excluding carboxylic acids is 3. The number of hydrogen-bond acceptors (Lipinski definition) is 6. The number of benzene rings is 3. The molecule has 0 fully saturated rings. The fraction of sp³-hybridized carbons (Fsp3) is 0.241. The van der Waals surface area contributed by atoms with Crippen molar-refractivity contribution in [1.82, 2.24) is 5.32 Å². The number of nitrogens with zero attached hydrogens (tertiary/aromatic N) is 2. The molecule has 1 unspecified atom stereocenters. The van der Waals surface area contributed by atoms with E-state index in [1.54, 1.807) is 49.4 Å². The van der Waals surface area contributed by atoms with Crippen molar-refractivity contribution in [2.75, 3.05) is 18.2 Å². The molecule has 2 aliphatic heterocycles. The van der Waals surface area contributed by atoms with Gasteiger partial charge in [0.25, 0.3) is 5.91 Å². The number of para-hydroxylation sites is 1. The van der Waals surface area contributed by atoms with E-state index in [1.165, 1.54) is 17.9 Å². The van der Waals surface area contributed by atoms with Crippen LogP contribution in [0.1, 0.15) is 30.5 Å². The zero-order valence-electron chi connectivity index (χ0n) is 21.2. The smallest absolute Gasteiger partial charge is 0.272 e. The summed E-state index contributed by atoms with van der Waals surface area (Å²) in [6.45, 7) is 2.86. The Hall–Kier alpha value is -4.60. The van der Waals surface area contributed by atoms with Gasteiger partial charge in [-0.2, -0.15) is 0 Å². The summed E-state index contributed by atoms with van der Waals surface area (Å²) in [5, 5.41) is 2.69. The Morgan fingerprint density at radius 1 is 1.05 bits per heavy atom. The molecule has 0 saturated heterocycles. The first-order valence-electron chi connectivity index (χ1n) is 12.3. The van der Waals surface area contributed by atoms with Crippen LogP contribution >= 0.6 is 0 Å². The molecule has 2 aliphatic rings. The molecule has 2 atom stereocenters. The molecule has 3 aromatic carbocycles. The lowest BCUT2D eigenvalue weighted by molar-refractivity contribution is -0.129. The van der Waals surface area contributed by atoms with E-state index >= 15 is 0 Å². The van der Waals surface area contributed by atoms with E-state index in [0.29, 0.717) is 39.6 Å². The third-order valence-electron chi connectivity index (χ3n) is 6.49. The lowest BCUT2D eigenvalue weighted by Crippen LogP contribution is -2.50. The summed E-state index contributed by atoms with van der Waals surface area (Å²) >= 11 is 0. The van der Waals surface area contributed by atoms with Gasteiger partial charge in [0.15, 0.2) is 23.1 Å². The van der Waals surface area contributed by atoms with Gasteiger partial charge in [0, 0.05) is 17.0 Å². The second kappa shape index (κ2) is 10.6. The fourth-order valence-electron chi connectivity index (χ4n) is 4.57. The van der Waals surface area contributed by atoms with Crippen LogP contribution < -0.4 is 19.7 Å². The zero-order valence-corrected chi connectivity index (χ0v) is 21.2. The molecule has 3 aromatic rings. The summed E-state index contributed by atoms with van der Waals surface area (Å²) in [5.41, 5.74) is 2.54. The zero-order chi connectivity index (χ0) is 27.7. The Bertz CT molecular complexity index is 1510. The summed E-state index contributed by atoms with van der Waals surface area (Å²) < 4.78 is 37.9. The van der Waals surface area contributed by atoms with Crippen molar-refractivity contribution in [1.29, 1.82) is 0 Å². The molecule has 0 radical (unpaired) electrons. The Morgan fingerprint density at radius 2 is 1.82 bits per heavy atom. The minimum absolute atomic E-state index is 0.0846. The van der Waals surface area contributed by atoms with Crippen molar-refractivity contribution in [2.45, 2.75) is 26.4 Å². The summed E-state index contributed by atoms with van der Waals surface area (Å²) in [4.78, 5) is 45.1. The van der Waals surface area contributed by atoms with Crippen molar-refractivity contribution in [3.05, 3.63) is 89.0 Å². The fourth-order valence-corrected chi connectivity index (χ4v) is 4.57. The number of nitrogens with one attached hydrogen (secondary N) is 1. The van der Waals surface area contributed by atoms with Gasteiger partial charge < -0.3 is 19.7 Å². The van der Waals surface area contributed by atoms with Crippen molar-refractivity contribution >= 4 is 29.0 Å². The predicted molar refractivity (Wildman–Crippen MR) is 139 cm³/mol. The molecule has 200 valence electrons. The topological polar surface area (TPSA) is 97.3 Å². The number of carbonyl (C=O) groups is 3. The maximum atomic E-state index is 13.7. The normalized spacial score (nSPS) is 16.7. The van der Waals surface area contributed by atoms with Gasteiger partial charge in [0.05, 0.1) is 17.9 Å². The second-order valence-corrected chi connectivity index (χ2v) is 9.45. The largest absolute Gasteiger partial charge is 0.454 e. The summed E-state index contributed by atoms with van der Waals surface area (Å²) in [5.74, 6) is -2.93. The lowest BCUT2D eigenvalue weighted by atomic mass is 9.99. The van der Waals surface area contributed by atoms with Gasteiger partial charge in [-0.1, -0.05) is 31.2 Å². The standard InChI is InChI=1S/C29H25F2N3O5/c1-16(11-18-7-9-21(30)22(31)12-18)28(36)33-27-29(37)34(14-17(2)35)23-6-4-3-5-20(23)26(32-27)19-8-10-24-25(13-19)39-15-38-24/h3-10,12-13,16,27H,11,14-15H2,1-2H3,(H,33,36)/t16-,27?/m0/s1. The molecule has 2 heterocycles. The third-order valence-corrected chi connectivity index (χ3v) is 6.49. The molecule has 0 saturated carbocycles. The number of amides is 2. The van der Waals surface area contributed by atoms with E-state index in [0.717, 1.165) is 12.1 Å². The molecular weight excluding hydrogens is 508 g/mol. The van der Waals surface area contributed by atoms with Gasteiger partial charge >= 0.3 is 0 Å². The summed E-state index contributed by atoms with van der Waals surface area (Å²) in [6, 6.07) is 15.7. The van der Waals surface area contributed by atoms with E-state index in [1.807, 2.05) is 0 Å². The highest BCUT2D eigenvalue weighted by molar-refractivity contribution is 6.21. The first-order chi connectivity index (χ1) is 18.7. The minimum Gasteiger partial charge on any atom is -0.454 e. The number of rotatable bonds is 7. The number of anilines is 1. The van der Waals surface area contributed by atoms with E-state index in [2.05, 4.69) is 10.3 Å². The number of ketones is 1. The molecule has 8 nitrogen and oxygen atoms in total. The van der Waals surface area contributed by atoms with Crippen LogP contribution in [0.5, 0.6) is 11.5 Å². The number of hydrogen-bond donors (Lipinski definition) is 1. The number of benzodiazepines with no additional fused rings is 1. The van der Waals surface area contributed by atoms with Gasteiger partial charge in [-0.25, -0.2) is 13.8 Å². The van der Waals surface area contributed by atoms with E-state index < -0.39 is 35.5 Å². The number of halogens is 2. The maximum absolute atomic E-state index is 13.7. The molecule has 0 bridgehead atoms. The first kappa shape index (κ1) is 26.0. The molecule has 10 heteroatoms. The average Bonchev–Trinajstić information content (AvgIpc) is 3.35. The molecular formula is C29H25F2N3O5. The Balaban J connectivity index is 1.51. The number of aliphatic imine (C=N–C) groups is 1. The molecule has 0 aromatic heterocycles. The maximum Gasteiger partial charge on any atom is 0.272 e. The van der Waals surface area contributed by atoms with E-state index in [4.69, 9.17) is 9.47 Å². The van der Waals surface area contributed by atoms with Gasteiger partial charge in [0.1, 0.15) is 5.78 Å². The van der Waals surface area contributed by atoms with Crippen LogP contribution in [0, 0.1) is 17.6 Å². The highest BCUT2D eigenvalue weighted by atomic mass is 19.2. The van der Waals surface area contributed by atoms with Crippen molar-refractivity contribution in [3.8, 4) is 11.5 Å². The van der Waals surface area contributed by atoms with Gasteiger partial charge in [-0.3, -0.25) is 14.4 Å². The first-order valence-corrected chi connectivity index (χ1v) is 12.3. The van der Waals surface area contributed by atoms with Crippen LogP contribution in [-0.2, 0) is 20.8 Å². The van der Waals surface area contributed by atoms with Crippen LogP contribution in [0.3, 0.4) is 0 Å². The second-order valence-electron chi connectivity index (χ2n) is 9.45. The number of Topliss-reactive ketones (excluding diaryl/α,β-unsaturated/α-hetero) is 1.